The minimum absolute atomic E-state index is 0.0242. The first kappa shape index (κ1) is 22.5. The molecule has 1 saturated heterocycles. The van der Waals surface area contributed by atoms with Gasteiger partial charge < -0.3 is 14.5 Å². The van der Waals surface area contributed by atoms with Crippen LogP contribution in [0.1, 0.15) is 24.2 Å². The molecule has 1 aliphatic rings. The molecule has 4 heterocycles. The van der Waals surface area contributed by atoms with Crippen LogP contribution in [0.5, 0.6) is 0 Å². The summed E-state index contributed by atoms with van der Waals surface area (Å²) in [6.07, 6.45) is 0. The van der Waals surface area contributed by atoms with Crippen LogP contribution in [-0.4, -0.2) is 58.9 Å². The van der Waals surface area contributed by atoms with E-state index in [-0.39, 0.29) is 34.9 Å². The third-order valence-corrected chi connectivity index (χ3v) is 7.29. The Morgan fingerprint density at radius 1 is 1.21 bits per heavy atom. The van der Waals surface area contributed by atoms with E-state index >= 15 is 4.39 Å². The fourth-order valence-corrected chi connectivity index (χ4v) is 5.58. The number of ether oxygens (including phenoxy) is 1. The Balaban J connectivity index is 1.79. The number of piperazine rings is 1. The van der Waals surface area contributed by atoms with Gasteiger partial charge in [-0.3, -0.25) is 14.0 Å². The molecule has 176 valence electrons. The highest BCUT2D eigenvalue weighted by Crippen LogP contribution is 2.34. The summed E-state index contributed by atoms with van der Waals surface area (Å²) in [5.74, 6) is -1.38. The highest BCUT2D eigenvalue weighted by molar-refractivity contribution is 7.24. The monoisotopic (exact) mass is 502 g/mol. The van der Waals surface area contributed by atoms with Gasteiger partial charge in [-0.1, -0.05) is 11.6 Å². The number of fused-ring (bicyclic) bond motifs is 5. The molecule has 0 aliphatic carbocycles. The van der Waals surface area contributed by atoms with Crippen molar-refractivity contribution in [3.8, 4) is 0 Å². The lowest BCUT2D eigenvalue weighted by atomic mass is 10.1. The second-order valence-corrected chi connectivity index (χ2v) is 9.40. The topological polar surface area (TPSA) is 84.2 Å². The minimum atomic E-state index is -0.769. The van der Waals surface area contributed by atoms with Crippen molar-refractivity contribution < 1.29 is 18.7 Å². The van der Waals surface area contributed by atoms with Crippen molar-refractivity contribution >= 4 is 66.7 Å². The van der Waals surface area contributed by atoms with Crippen LogP contribution in [-0.2, 0) is 9.53 Å². The molecule has 0 saturated carbocycles. The zero-order valence-corrected chi connectivity index (χ0v) is 20.0. The maximum Gasteiger partial charge on any atom is 0.345 e. The zero-order valence-electron chi connectivity index (χ0n) is 18.4. The normalized spacial score (nSPS) is 14.4. The van der Waals surface area contributed by atoms with Gasteiger partial charge in [0.2, 0.25) is 11.3 Å². The average Bonchev–Trinajstić information content (AvgIpc) is 3.17. The fraction of sp³-hybridized carbons (Fsp3) is 0.304. The van der Waals surface area contributed by atoms with E-state index < -0.39 is 17.2 Å². The Morgan fingerprint density at radius 3 is 2.62 bits per heavy atom. The van der Waals surface area contributed by atoms with Crippen molar-refractivity contribution in [3.63, 3.8) is 0 Å². The molecule has 34 heavy (non-hydrogen) atoms. The van der Waals surface area contributed by atoms with Crippen LogP contribution in [0, 0.1) is 5.82 Å². The number of rotatable bonds is 3. The number of carbonyl (C=O) groups excluding carboxylic acids is 2. The van der Waals surface area contributed by atoms with Crippen LogP contribution >= 0.6 is 22.9 Å². The number of halogens is 2. The molecular weight excluding hydrogens is 483 g/mol. The van der Waals surface area contributed by atoms with Gasteiger partial charge in [-0.2, -0.15) is 0 Å². The number of hydrogen-bond donors (Lipinski definition) is 0. The van der Waals surface area contributed by atoms with Gasteiger partial charge in [-0.25, -0.2) is 14.2 Å². The van der Waals surface area contributed by atoms with E-state index in [0.717, 1.165) is 10.8 Å². The smallest absolute Gasteiger partial charge is 0.345 e. The molecule has 0 radical (unpaired) electrons. The van der Waals surface area contributed by atoms with Crippen LogP contribution in [0.15, 0.2) is 29.1 Å². The molecule has 1 aliphatic heterocycles. The molecule has 1 amide bonds. The van der Waals surface area contributed by atoms with Crippen LogP contribution in [0.25, 0.3) is 26.1 Å². The zero-order chi connectivity index (χ0) is 24.1. The van der Waals surface area contributed by atoms with Gasteiger partial charge in [-0.05, 0) is 31.2 Å². The van der Waals surface area contributed by atoms with Crippen molar-refractivity contribution in [2.45, 2.75) is 13.8 Å². The van der Waals surface area contributed by atoms with Crippen molar-refractivity contribution in [1.82, 2.24) is 14.3 Å². The summed E-state index contributed by atoms with van der Waals surface area (Å²) in [6.45, 7) is 4.95. The van der Waals surface area contributed by atoms with Gasteiger partial charge in [-0.15, -0.1) is 11.3 Å². The Hall–Kier alpha value is -3.24. The number of amides is 1. The number of thiazole rings is 1. The first-order valence-corrected chi connectivity index (χ1v) is 11.9. The third-order valence-electron chi connectivity index (χ3n) is 5.91. The SMILES string of the molecule is CCOC(=O)c1c(=O)c2cc(F)c(N3CCN(C(C)=O)CC3)nc2n2c1sc1ccc(Cl)cc12. The maximum absolute atomic E-state index is 15.3. The summed E-state index contributed by atoms with van der Waals surface area (Å²) in [7, 11) is 0. The molecule has 0 unspecified atom stereocenters. The summed E-state index contributed by atoms with van der Waals surface area (Å²) >= 11 is 7.49. The Labute approximate surface area is 202 Å². The molecule has 1 fully saturated rings. The summed E-state index contributed by atoms with van der Waals surface area (Å²) in [5, 5.41) is 0.447. The highest BCUT2D eigenvalue weighted by Gasteiger charge is 2.27. The number of pyridine rings is 2. The van der Waals surface area contributed by atoms with E-state index in [9.17, 15) is 14.4 Å². The van der Waals surface area contributed by atoms with Gasteiger partial charge >= 0.3 is 5.97 Å². The summed E-state index contributed by atoms with van der Waals surface area (Å²) < 4.78 is 22.8. The first-order valence-electron chi connectivity index (χ1n) is 10.7. The Kier molecular flexibility index (Phi) is 5.65. The summed E-state index contributed by atoms with van der Waals surface area (Å²) in [6, 6.07) is 6.36. The average molecular weight is 503 g/mol. The quantitative estimate of drug-likeness (QED) is 0.397. The number of carbonyl (C=O) groups is 2. The van der Waals surface area contributed by atoms with Gasteiger partial charge in [0.15, 0.2) is 17.3 Å². The van der Waals surface area contributed by atoms with Gasteiger partial charge in [0, 0.05) is 38.1 Å². The van der Waals surface area contributed by atoms with Gasteiger partial charge in [0.1, 0.15) is 10.4 Å². The fourth-order valence-electron chi connectivity index (χ4n) is 4.26. The molecule has 0 spiro atoms. The molecule has 5 rings (SSSR count). The molecule has 11 heteroatoms. The van der Waals surface area contributed by atoms with E-state index in [0.29, 0.717) is 41.5 Å². The van der Waals surface area contributed by atoms with E-state index in [1.165, 1.54) is 18.3 Å². The summed E-state index contributed by atoms with van der Waals surface area (Å²) in [5.41, 5.74) is 0.0858. The van der Waals surface area contributed by atoms with Crippen molar-refractivity contribution in [1.29, 1.82) is 0 Å². The summed E-state index contributed by atoms with van der Waals surface area (Å²) in [4.78, 5) is 46.1. The largest absolute Gasteiger partial charge is 0.462 e. The predicted octanol–water partition coefficient (Wildman–Crippen LogP) is 3.70. The lowest BCUT2D eigenvalue weighted by Crippen LogP contribution is -2.48. The number of aromatic nitrogens is 2. The Morgan fingerprint density at radius 2 is 1.94 bits per heavy atom. The number of esters is 1. The van der Waals surface area contributed by atoms with Crippen molar-refractivity contribution in [3.05, 3.63) is 50.9 Å². The van der Waals surface area contributed by atoms with E-state index in [2.05, 4.69) is 4.98 Å². The number of anilines is 1. The maximum atomic E-state index is 15.3. The number of benzene rings is 1. The Bertz CT molecular complexity index is 1540. The second-order valence-electron chi connectivity index (χ2n) is 7.94. The van der Waals surface area contributed by atoms with Crippen LogP contribution in [0.2, 0.25) is 5.02 Å². The standard InChI is InChI=1S/C23H20ClFN4O4S/c1-3-33-23(32)18-19(31)14-11-15(25)21(28-8-6-27(7-9-28)12(2)30)26-20(14)29-16-10-13(24)4-5-17(16)34-22(18)29/h4-5,10-11H,3,6-9H2,1-2H3. The van der Waals surface area contributed by atoms with E-state index in [1.54, 1.807) is 39.3 Å². The molecule has 3 aromatic heterocycles. The first-order chi connectivity index (χ1) is 16.3. The van der Waals surface area contributed by atoms with E-state index in [1.807, 2.05) is 0 Å². The van der Waals surface area contributed by atoms with Crippen LogP contribution < -0.4 is 10.3 Å². The molecule has 0 bridgehead atoms. The lowest BCUT2D eigenvalue weighted by Gasteiger charge is -2.35. The molecule has 4 aromatic rings. The molecule has 0 atom stereocenters. The second kappa shape index (κ2) is 8.52. The van der Waals surface area contributed by atoms with E-state index in [4.69, 9.17) is 16.3 Å². The highest BCUT2D eigenvalue weighted by atomic mass is 35.5. The lowest BCUT2D eigenvalue weighted by molar-refractivity contribution is -0.129. The van der Waals surface area contributed by atoms with Crippen LogP contribution in [0.3, 0.4) is 0 Å². The number of nitrogens with zero attached hydrogens (tertiary/aromatic N) is 4. The predicted molar refractivity (Wildman–Crippen MR) is 130 cm³/mol. The molecule has 0 N–H and O–H groups in total. The van der Waals surface area contributed by atoms with Gasteiger partial charge in [0.25, 0.3) is 0 Å². The van der Waals surface area contributed by atoms with Gasteiger partial charge in [0.05, 0.1) is 22.2 Å². The molecule has 1 aromatic carbocycles. The molecular formula is C23H20ClFN4O4S. The van der Waals surface area contributed by atoms with Crippen molar-refractivity contribution in [2.75, 3.05) is 37.7 Å². The van der Waals surface area contributed by atoms with Crippen LogP contribution in [0.4, 0.5) is 10.2 Å². The molecule has 8 nitrogen and oxygen atoms in total. The third kappa shape index (κ3) is 3.57. The van der Waals surface area contributed by atoms with Crippen molar-refractivity contribution in [2.24, 2.45) is 0 Å². The minimum Gasteiger partial charge on any atom is -0.462 e. The number of hydrogen-bond acceptors (Lipinski definition) is 7.